The van der Waals surface area contributed by atoms with E-state index in [9.17, 15) is 23.2 Å². The second kappa shape index (κ2) is 11.9. The highest BCUT2D eigenvalue weighted by atomic mass is 79.9. The number of imide groups is 1. The fraction of sp³-hybridized carbons (Fsp3) is 0.148. The zero-order valence-electron chi connectivity index (χ0n) is 20.1. The largest absolute Gasteiger partial charge is 0.490 e. The maximum Gasteiger partial charge on any atom is 0.329 e. The quantitative estimate of drug-likeness (QED) is 0.264. The molecule has 11 heteroatoms. The van der Waals surface area contributed by atoms with Gasteiger partial charge in [-0.1, -0.05) is 30.3 Å². The number of anilines is 1. The van der Waals surface area contributed by atoms with E-state index in [0.717, 1.165) is 0 Å². The van der Waals surface area contributed by atoms with Crippen LogP contribution in [0.3, 0.4) is 0 Å². The monoisotopic (exact) mass is 585 g/mol. The van der Waals surface area contributed by atoms with Crippen LogP contribution in [0.2, 0.25) is 0 Å². The molecule has 1 aliphatic rings. The molecule has 0 spiro atoms. The first-order chi connectivity index (χ1) is 18.3. The molecule has 3 aromatic carbocycles. The second-order valence-electron chi connectivity index (χ2n) is 8.05. The van der Waals surface area contributed by atoms with E-state index in [4.69, 9.17) is 9.47 Å². The van der Waals surface area contributed by atoms with Crippen LogP contribution in [0.15, 0.2) is 70.8 Å². The number of rotatable bonds is 9. The molecule has 1 aliphatic heterocycles. The lowest BCUT2D eigenvalue weighted by atomic mass is 10.1. The van der Waals surface area contributed by atoms with Crippen LogP contribution < -0.4 is 20.1 Å². The molecule has 38 heavy (non-hydrogen) atoms. The molecule has 4 amide bonds. The summed E-state index contributed by atoms with van der Waals surface area (Å²) < 4.78 is 39.8. The van der Waals surface area contributed by atoms with Crippen LogP contribution in [0.4, 0.5) is 19.3 Å². The normalized spacial score (nSPS) is 14.0. The molecule has 1 heterocycles. The molecule has 0 aromatic heterocycles. The van der Waals surface area contributed by atoms with Gasteiger partial charge in [-0.05, 0) is 64.8 Å². The van der Waals surface area contributed by atoms with Gasteiger partial charge in [0.15, 0.2) is 11.5 Å². The molecule has 4 rings (SSSR count). The Morgan fingerprint density at radius 2 is 1.76 bits per heavy atom. The maximum absolute atomic E-state index is 14.0. The minimum Gasteiger partial charge on any atom is -0.490 e. The third-order valence-corrected chi connectivity index (χ3v) is 5.97. The predicted molar refractivity (Wildman–Crippen MR) is 139 cm³/mol. The number of carbonyl (C=O) groups is 3. The lowest BCUT2D eigenvalue weighted by molar-refractivity contribution is -0.127. The van der Waals surface area contributed by atoms with Gasteiger partial charge in [-0.15, -0.1) is 0 Å². The molecule has 196 valence electrons. The van der Waals surface area contributed by atoms with Crippen molar-refractivity contribution in [2.24, 2.45) is 0 Å². The summed E-state index contributed by atoms with van der Waals surface area (Å²) in [7, 11) is 0. The molecule has 0 atom stereocenters. The Bertz CT molecular complexity index is 1430. The third-order valence-electron chi connectivity index (χ3n) is 5.38. The van der Waals surface area contributed by atoms with Crippen molar-refractivity contribution < 1.29 is 32.6 Å². The molecule has 1 fully saturated rings. The van der Waals surface area contributed by atoms with Crippen LogP contribution in [0.1, 0.15) is 18.1 Å². The first kappa shape index (κ1) is 26.8. The van der Waals surface area contributed by atoms with Crippen LogP contribution in [0.25, 0.3) is 6.08 Å². The topological polar surface area (TPSA) is 97.0 Å². The molecule has 0 saturated carbocycles. The summed E-state index contributed by atoms with van der Waals surface area (Å²) >= 11 is 3.42. The first-order valence-corrected chi connectivity index (χ1v) is 12.3. The van der Waals surface area contributed by atoms with Crippen LogP contribution in [-0.2, 0) is 16.2 Å². The maximum atomic E-state index is 14.0. The standard InChI is InChI=1S/C27H22BrF2N3O5/c1-2-37-23-13-16(11-18(28)25(23)38-15-17-7-3-4-8-19(17)29)12-22-26(35)33(27(36)32-22)14-24(34)31-21-10-6-5-9-20(21)30/h3-13H,2,14-15H2,1H3,(H,31,34)(H,32,36)/b22-12+. The zero-order valence-corrected chi connectivity index (χ0v) is 21.7. The van der Waals surface area contributed by atoms with E-state index < -0.39 is 36.0 Å². The van der Waals surface area contributed by atoms with E-state index >= 15 is 0 Å². The number of urea groups is 1. The molecule has 1 saturated heterocycles. The number of hydrogen-bond acceptors (Lipinski definition) is 5. The van der Waals surface area contributed by atoms with Crippen molar-refractivity contribution >= 4 is 45.5 Å². The van der Waals surface area contributed by atoms with Gasteiger partial charge >= 0.3 is 6.03 Å². The molecular weight excluding hydrogens is 564 g/mol. The molecule has 8 nitrogen and oxygen atoms in total. The van der Waals surface area contributed by atoms with Gasteiger partial charge in [0.05, 0.1) is 16.8 Å². The minimum atomic E-state index is -0.793. The van der Waals surface area contributed by atoms with Gasteiger partial charge in [0, 0.05) is 5.56 Å². The predicted octanol–water partition coefficient (Wildman–Crippen LogP) is 5.24. The van der Waals surface area contributed by atoms with Crippen molar-refractivity contribution in [3.05, 3.63) is 93.6 Å². The summed E-state index contributed by atoms with van der Waals surface area (Å²) in [5.41, 5.74) is 0.723. The number of nitrogens with one attached hydrogen (secondary N) is 2. The number of para-hydroxylation sites is 1. The second-order valence-corrected chi connectivity index (χ2v) is 8.90. The number of halogens is 3. The Balaban J connectivity index is 1.50. The number of benzene rings is 3. The number of amides is 4. The van der Waals surface area contributed by atoms with Gasteiger partial charge < -0.3 is 20.1 Å². The van der Waals surface area contributed by atoms with Crippen molar-refractivity contribution in [2.75, 3.05) is 18.5 Å². The summed E-state index contributed by atoms with van der Waals surface area (Å²) in [5, 5.41) is 4.77. The Hall–Kier alpha value is -4.25. The number of carbonyl (C=O) groups excluding carboxylic acids is 3. The smallest absolute Gasteiger partial charge is 0.329 e. The van der Waals surface area contributed by atoms with Crippen molar-refractivity contribution in [1.82, 2.24) is 10.2 Å². The highest BCUT2D eigenvalue weighted by Crippen LogP contribution is 2.38. The number of nitrogens with zero attached hydrogens (tertiary/aromatic N) is 1. The van der Waals surface area contributed by atoms with Crippen LogP contribution in [-0.4, -0.2) is 35.9 Å². The first-order valence-electron chi connectivity index (χ1n) is 11.5. The van der Waals surface area contributed by atoms with Crippen LogP contribution in [0.5, 0.6) is 11.5 Å². The summed E-state index contributed by atoms with van der Waals surface area (Å²) in [4.78, 5) is 38.3. The fourth-order valence-corrected chi connectivity index (χ4v) is 4.19. The Morgan fingerprint density at radius 1 is 1.05 bits per heavy atom. The van der Waals surface area contributed by atoms with E-state index in [0.29, 0.717) is 38.6 Å². The van der Waals surface area contributed by atoms with Crippen molar-refractivity contribution in [3.63, 3.8) is 0 Å². The summed E-state index contributed by atoms with van der Waals surface area (Å²) in [6, 6.07) is 14.2. The molecule has 0 radical (unpaired) electrons. The van der Waals surface area contributed by atoms with Crippen molar-refractivity contribution in [3.8, 4) is 11.5 Å². The SMILES string of the molecule is CCOc1cc(/C=C2/NC(=O)N(CC(=O)Nc3ccccc3F)C2=O)cc(Br)c1OCc1ccccc1F. The molecular formula is C27H22BrF2N3O5. The van der Waals surface area contributed by atoms with Crippen molar-refractivity contribution in [1.29, 1.82) is 0 Å². The Morgan fingerprint density at radius 3 is 2.47 bits per heavy atom. The third kappa shape index (κ3) is 6.17. The van der Waals surface area contributed by atoms with Gasteiger partial charge in [0.2, 0.25) is 5.91 Å². The van der Waals surface area contributed by atoms with E-state index in [-0.39, 0.29) is 18.0 Å². The van der Waals surface area contributed by atoms with E-state index in [2.05, 4.69) is 26.6 Å². The molecule has 2 N–H and O–H groups in total. The highest BCUT2D eigenvalue weighted by Gasteiger charge is 2.35. The molecule has 0 unspecified atom stereocenters. The van der Waals surface area contributed by atoms with Crippen molar-refractivity contribution in [2.45, 2.75) is 13.5 Å². The minimum absolute atomic E-state index is 0.0375. The van der Waals surface area contributed by atoms with Crippen LogP contribution >= 0.6 is 15.9 Å². The number of ether oxygens (including phenoxy) is 2. The van der Waals surface area contributed by atoms with Crippen LogP contribution in [0, 0.1) is 11.6 Å². The Kier molecular flexibility index (Phi) is 8.37. The lowest BCUT2D eigenvalue weighted by Crippen LogP contribution is -2.38. The Labute approximate surface area is 225 Å². The summed E-state index contributed by atoms with van der Waals surface area (Å²) in [6.07, 6.45) is 1.42. The van der Waals surface area contributed by atoms with E-state index in [1.165, 1.54) is 36.4 Å². The average molecular weight is 586 g/mol. The highest BCUT2D eigenvalue weighted by molar-refractivity contribution is 9.10. The average Bonchev–Trinajstić information content (AvgIpc) is 3.13. The van der Waals surface area contributed by atoms with E-state index in [1.807, 2.05) is 0 Å². The van der Waals surface area contributed by atoms with Gasteiger partial charge in [-0.25, -0.2) is 18.5 Å². The number of hydrogen-bond donors (Lipinski definition) is 2. The molecule has 0 aliphatic carbocycles. The zero-order chi connectivity index (χ0) is 27.2. The molecule has 0 bridgehead atoms. The summed E-state index contributed by atoms with van der Waals surface area (Å²) in [5.74, 6) is -1.83. The lowest BCUT2D eigenvalue weighted by Gasteiger charge is -2.15. The van der Waals surface area contributed by atoms with Gasteiger partial charge in [-0.2, -0.15) is 0 Å². The summed E-state index contributed by atoms with van der Waals surface area (Å²) in [6.45, 7) is 1.45. The van der Waals surface area contributed by atoms with Gasteiger partial charge in [0.25, 0.3) is 5.91 Å². The fourth-order valence-electron chi connectivity index (χ4n) is 3.62. The molecule has 3 aromatic rings. The van der Waals surface area contributed by atoms with Gasteiger partial charge in [0.1, 0.15) is 30.5 Å². The van der Waals surface area contributed by atoms with Gasteiger partial charge in [-0.3, -0.25) is 9.59 Å². The van der Waals surface area contributed by atoms with E-state index in [1.54, 1.807) is 37.3 Å².